The number of aromatic nitrogens is 1. The van der Waals surface area contributed by atoms with Gasteiger partial charge in [-0.2, -0.15) is 0 Å². The number of nitrogens with one attached hydrogen (secondary N) is 1. The summed E-state index contributed by atoms with van der Waals surface area (Å²) in [5, 5.41) is 14.0. The van der Waals surface area contributed by atoms with Gasteiger partial charge in [0.05, 0.1) is 11.5 Å². The first-order valence-electron chi connectivity index (χ1n) is 5.73. The molecule has 1 saturated heterocycles. The first kappa shape index (κ1) is 12.7. The van der Waals surface area contributed by atoms with Gasteiger partial charge in [-0.05, 0) is 12.5 Å². The van der Waals surface area contributed by atoms with Crippen molar-refractivity contribution >= 4 is 5.69 Å². The summed E-state index contributed by atoms with van der Waals surface area (Å²) in [6, 6.07) is 1.45. The number of morpholine rings is 1. The maximum atomic E-state index is 10.9. The fourth-order valence-electron chi connectivity index (χ4n) is 1.68. The maximum absolute atomic E-state index is 10.9. The van der Waals surface area contributed by atoms with Crippen molar-refractivity contribution in [2.24, 2.45) is 0 Å². The summed E-state index contributed by atoms with van der Waals surface area (Å²) in [6.45, 7) is 4.12. The Labute approximate surface area is 104 Å². The van der Waals surface area contributed by atoms with Gasteiger partial charge in [0.2, 0.25) is 0 Å². The van der Waals surface area contributed by atoms with E-state index < -0.39 is 4.92 Å². The lowest BCUT2D eigenvalue weighted by Crippen LogP contribution is -2.41. The van der Waals surface area contributed by atoms with Crippen LogP contribution in [0.4, 0.5) is 5.69 Å². The molecule has 7 heteroatoms. The predicted molar refractivity (Wildman–Crippen MR) is 63.7 cm³/mol. The summed E-state index contributed by atoms with van der Waals surface area (Å²) in [7, 11) is 0. The SMILES string of the molecule is Cc1cnc(OCC2CNCCO2)c([N+](=O)[O-])c1. The monoisotopic (exact) mass is 253 g/mol. The van der Waals surface area contributed by atoms with Crippen molar-refractivity contribution in [2.45, 2.75) is 13.0 Å². The fraction of sp³-hybridized carbons (Fsp3) is 0.545. The first-order chi connectivity index (χ1) is 8.66. The standard InChI is InChI=1S/C11H15N3O4/c1-8-4-10(14(15)16)11(13-5-8)18-7-9-6-12-2-3-17-9/h4-5,9,12H,2-3,6-7H2,1H3. The highest BCUT2D eigenvalue weighted by Gasteiger charge is 2.20. The van der Waals surface area contributed by atoms with Crippen LogP contribution in [0.15, 0.2) is 12.3 Å². The van der Waals surface area contributed by atoms with Crippen molar-refractivity contribution in [1.29, 1.82) is 0 Å². The molecule has 98 valence electrons. The van der Waals surface area contributed by atoms with E-state index in [1.165, 1.54) is 6.07 Å². The first-order valence-corrected chi connectivity index (χ1v) is 5.73. The van der Waals surface area contributed by atoms with E-state index in [2.05, 4.69) is 10.3 Å². The molecule has 0 spiro atoms. The van der Waals surface area contributed by atoms with Crippen molar-refractivity contribution in [1.82, 2.24) is 10.3 Å². The van der Waals surface area contributed by atoms with Crippen LogP contribution < -0.4 is 10.1 Å². The molecule has 0 amide bonds. The van der Waals surface area contributed by atoms with E-state index in [4.69, 9.17) is 9.47 Å². The zero-order valence-corrected chi connectivity index (χ0v) is 10.1. The highest BCUT2D eigenvalue weighted by molar-refractivity contribution is 5.42. The van der Waals surface area contributed by atoms with E-state index in [-0.39, 0.29) is 24.3 Å². The van der Waals surface area contributed by atoms with E-state index in [0.717, 1.165) is 12.1 Å². The average Bonchev–Trinajstić information content (AvgIpc) is 2.38. The Morgan fingerprint density at radius 2 is 2.56 bits per heavy atom. The maximum Gasteiger partial charge on any atom is 0.331 e. The number of ether oxygens (including phenoxy) is 2. The highest BCUT2D eigenvalue weighted by atomic mass is 16.6. The van der Waals surface area contributed by atoms with Crippen molar-refractivity contribution in [2.75, 3.05) is 26.3 Å². The van der Waals surface area contributed by atoms with Gasteiger partial charge in [-0.15, -0.1) is 0 Å². The van der Waals surface area contributed by atoms with Gasteiger partial charge in [0.15, 0.2) is 0 Å². The molecule has 1 unspecified atom stereocenters. The molecule has 0 aliphatic carbocycles. The molecular weight excluding hydrogens is 238 g/mol. The highest BCUT2D eigenvalue weighted by Crippen LogP contribution is 2.24. The quantitative estimate of drug-likeness (QED) is 0.626. The molecule has 18 heavy (non-hydrogen) atoms. The number of pyridine rings is 1. The summed E-state index contributed by atoms with van der Waals surface area (Å²) < 4.78 is 10.8. The minimum absolute atomic E-state index is 0.0415. The summed E-state index contributed by atoms with van der Waals surface area (Å²) in [5.74, 6) is 0.0415. The zero-order chi connectivity index (χ0) is 13.0. The van der Waals surface area contributed by atoms with Crippen LogP contribution in [0.1, 0.15) is 5.56 Å². The molecule has 0 aromatic carbocycles. The molecule has 0 saturated carbocycles. The second kappa shape index (κ2) is 5.74. The van der Waals surface area contributed by atoms with Crippen LogP contribution in [0, 0.1) is 17.0 Å². The lowest BCUT2D eigenvalue weighted by atomic mass is 10.3. The summed E-state index contributed by atoms with van der Waals surface area (Å²) in [6.07, 6.45) is 1.45. The van der Waals surface area contributed by atoms with Crippen LogP contribution in [0.2, 0.25) is 0 Å². The topological polar surface area (TPSA) is 86.5 Å². The number of aryl methyl sites for hydroxylation is 1. The molecule has 2 heterocycles. The average molecular weight is 253 g/mol. The molecule has 1 aromatic heterocycles. The molecule has 1 fully saturated rings. The molecule has 0 radical (unpaired) electrons. The van der Waals surface area contributed by atoms with E-state index in [0.29, 0.717) is 13.2 Å². The second-order valence-corrected chi connectivity index (χ2v) is 4.10. The number of nitrogens with zero attached hydrogens (tertiary/aromatic N) is 2. The van der Waals surface area contributed by atoms with Crippen molar-refractivity contribution < 1.29 is 14.4 Å². The molecule has 1 aliphatic heterocycles. The van der Waals surface area contributed by atoms with Crippen molar-refractivity contribution in [3.63, 3.8) is 0 Å². The normalized spacial score (nSPS) is 19.5. The van der Waals surface area contributed by atoms with Crippen LogP contribution in [0.5, 0.6) is 5.88 Å². The lowest BCUT2D eigenvalue weighted by Gasteiger charge is -2.23. The Hall–Kier alpha value is -1.73. The minimum Gasteiger partial charge on any atom is -0.470 e. The zero-order valence-electron chi connectivity index (χ0n) is 10.1. The van der Waals surface area contributed by atoms with Gasteiger partial charge >= 0.3 is 5.69 Å². The van der Waals surface area contributed by atoms with Gasteiger partial charge in [0.25, 0.3) is 5.88 Å². The van der Waals surface area contributed by atoms with Gasteiger partial charge in [-0.1, -0.05) is 0 Å². The van der Waals surface area contributed by atoms with Gasteiger partial charge in [0, 0.05) is 25.4 Å². The van der Waals surface area contributed by atoms with Gasteiger partial charge in [0.1, 0.15) is 12.7 Å². The van der Waals surface area contributed by atoms with Crippen LogP contribution >= 0.6 is 0 Å². The largest absolute Gasteiger partial charge is 0.470 e. The number of nitro groups is 1. The lowest BCUT2D eigenvalue weighted by molar-refractivity contribution is -0.386. The Bertz CT molecular complexity index is 432. The third-order valence-electron chi connectivity index (χ3n) is 2.58. The van der Waals surface area contributed by atoms with Crippen molar-refractivity contribution in [3.05, 3.63) is 27.9 Å². The van der Waals surface area contributed by atoms with E-state index in [9.17, 15) is 10.1 Å². The Kier molecular flexibility index (Phi) is 4.06. The number of hydrogen-bond acceptors (Lipinski definition) is 6. The molecule has 1 atom stereocenters. The van der Waals surface area contributed by atoms with E-state index in [1.807, 2.05) is 0 Å². The summed E-state index contributed by atoms with van der Waals surface area (Å²) in [4.78, 5) is 14.3. The molecule has 2 rings (SSSR count). The van der Waals surface area contributed by atoms with Gasteiger partial charge in [-0.3, -0.25) is 10.1 Å². The minimum atomic E-state index is -0.491. The number of rotatable bonds is 4. The van der Waals surface area contributed by atoms with Crippen LogP contribution in [-0.4, -0.2) is 42.3 Å². The molecular formula is C11H15N3O4. The van der Waals surface area contributed by atoms with Gasteiger partial charge < -0.3 is 14.8 Å². The van der Waals surface area contributed by atoms with E-state index in [1.54, 1.807) is 13.1 Å². The molecule has 0 bridgehead atoms. The van der Waals surface area contributed by atoms with Crippen molar-refractivity contribution in [3.8, 4) is 5.88 Å². The summed E-state index contributed by atoms with van der Waals surface area (Å²) >= 11 is 0. The Morgan fingerprint density at radius 1 is 1.72 bits per heavy atom. The van der Waals surface area contributed by atoms with Gasteiger partial charge in [-0.25, -0.2) is 4.98 Å². The Morgan fingerprint density at radius 3 is 3.22 bits per heavy atom. The molecule has 1 N–H and O–H groups in total. The Balaban J connectivity index is 2.01. The van der Waals surface area contributed by atoms with Crippen LogP contribution in [0.3, 0.4) is 0 Å². The smallest absolute Gasteiger partial charge is 0.331 e. The molecule has 1 aromatic rings. The summed E-state index contributed by atoms with van der Waals surface area (Å²) in [5.41, 5.74) is 0.614. The third-order valence-corrected chi connectivity index (χ3v) is 2.58. The molecule has 7 nitrogen and oxygen atoms in total. The molecule has 1 aliphatic rings. The van der Waals surface area contributed by atoms with Crippen LogP contribution in [-0.2, 0) is 4.74 Å². The third kappa shape index (κ3) is 3.14. The van der Waals surface area contributed by atoms with Crippen LogP contribution in [0.25, 0.3) is 0 Å². The second-order valence-electron chi connectivity index (χ2n) is 4.10. The van der Waals surface area contributed by atoms with E-state index >= 15 is 0 Å². The fourth-order valence-corrected chi connectivity index (χ4v) is 1.68. The number of hydrogen-bond donors (Lipinski definition) is 1. The predicted octanol–water partition coefficient (Wildman–Crippen LogP) is 0.665.